The van der Waals surface area contributed by atoms with Crippen LogP contribution in [0.2, 0.25) is 0 Å². The van der Waals surface area contributed by atoms with Crippen LogP contribution in [0.5, 0.6) is 0 Å². The highest BCUT2D eigenvalue weighted by atomic mass is 19.4. The molecule has 0 spiro atoms. The van der Waals surface area contributed by atoms with E-state index in [1.54, 1.807) is 0 Å². The molecule has 1 aliphatic rings. The van der Waals surface area contributed by atoms with Crippen molar-refractivity contribution >= 4 is 5.91 Å². The average molecular weight is 357 g/mol. The Bertz CT molecular complexity index is 539. The number of carbonyl (C=O) groups is 1. The third-order valence-electron chi connectivity index (χ3n) is 4.53. The van der Waals surface area contributed by atoms with E-state index < -0.39 is 18.8 Å². The molecule has 0 bridgehead atoms. The van der Waals surface area contributed by atoms with Gasteiger partial charge in [-0.15, -0.1) is 0 Å². The quantitative estimate of drug-likeness (QED) is 0.786. The maximum atomic E-state index is 13.3. The van der Waals surface area contributed by atoms with E-state index in [0.717, 1.165) is 12.0 Å². The van der Waals surface area contributed by atoms with Crippen LogP contribution in [0.15, 0.2) is 24.3 Å². The molecular weight excluding hydrogens is 331 g/mol. The summed E-state index contributed by atoms with van der Waals surface area (Å²) in [6.07, 6.45) is -2.68. The fraction of sp³-hybridized carbons (Fsp3) is 0.611. The van der Waals surface area contributed by atoms with Crippen molar-refractivity contribution in [3.63, 3.8) is 0 Å². The van der Waals surface area contributed by atoms with Crippen molar-refractivity contribution in [2.75, 3.05) is 32.7 Å². The van der Waals surface area contributed by atoms with E-state index in [4.69, 9.17) is 0 Å². The van der Waals surface area contributed by atoms with E-state index in [-0.39, 0.29) is 12.3 Å². The van der Waals surface area contributed by atoms with Gasteiger partial charge in [0.2, 0.25) is 5.91 Å². The molecule has 2 rings (SSSR count). The van der Waals surface area contributed by atoms with Crippen LogP contribution in [0.3, 0.4) is 0 Å². The summed E-state index contributed by atoms with van der Waals surface area (Å²) in [5.74, 6) is -0.344. The molecule has 0 radical (unpaired) electrons. The van der Waals surface area contributed by atoms with E-state index in [0.29, 0.717) is 32.6 Å². The number of nitrogens with zero attached hydrogens (tertiary/aromatic N) is 1. The van der Waals surface area contributed by atoms with Crippen LogP contribution in [0.1, 0.15) is 24.5 Å². The monoisotopic (exact) mass is 357 g/mol. The lowest BCUT2D eigenvalue weighted by Gasteiger charge is -2.35. The molecular formula is C18H26F3N3O. The van der Waals surface area contributed by atoms with Crippen LogP contribution in [-0.4, -0.2) is 55.7 Å². The number of piperazine rings is 1. The molecule has 25 heavy (non-hydrogen) atoms. The Morgan fingerprint density at radius 2 is 1.80 bits per heavy atom. The normalized spacial score (nSPS) is 17.3. The van der Waals surface area contributed by atoms with Gasteiger partial charge in [-0.2, -0.15) is 13.2 Å². The Morgan fingerprint density at radius 1 is 1.20 bits per heavy atom. The standard InChI is InChI=1S/C18H26F3N3O/c1-2-14-3-5-15(6-4-14)7-8-17(25)23-13-16(18(19,20)21)24-11-9-22-10-12-24/h3-6,16,22H,2,7-13H2,1H3,(H,23,25). The second-order valence-electron chi connectivity index (χ2n) is 6.32. The maximum absolute atomic E-state index is 13.3. The van der Waals surface area contributed by atoms with Gasteiger partial charge in [0.15, 0.2) is 0 Å². The zero-order valence-corrected chi connectivity index (χ0v) is 14.5. The molecule has 1 atom stereocenters. The van der Waals surface area contributed by atoms with Crippen molar-refractivity contribution in [1.29, 1.82) is 0 Å². The van der Waals surface area contributed by atoms with Gasteiger partial charge in [0, 0.05) is 39.1 Å². The van der Waals surface area contributed by atoms with Crippen LogP contribution in [0.25, 0.3) is 0 Å². The molecule has 1 heterocycles. The van der Waals surface area contributed by atoms with Crippen LogP contribution >= 0.6 is 0 Å². The Morgan fingerprint density at radius 3 is 2.36 bits per heavy atom. The number of alkyl halides is 3. The van der Waals surface area contributed by atoms with Gasteiger partial charge < -0.3 is 10.6 Å². The molecule has 1 aromatic rings. The fourth-order valence-corrected chi connectivity index (χ4v) is 2.94. The summed E-state index contributed by atoms with van der Waals surface area (Å²) in [6, 6.07) is 6.33. The average Bonchev–Trinajstić information content (AvgIpc) is 2.60. The van der Waals surface area contributed by atoms with Gasteiger partial charge in [-0.3, -0.25) is 9.69 Å². The molecule has 1 aliphatic heterocycles. The highest BCUT2D eigenvalue weighted by molar-refractivity contribution is 5.76. The number of benzene rings is 1. The molecule has 1 unspecified atom stereocenters. The van der Waals surface area contributed by atoms with Crippen molar-refractivity contribution in [3.8, 4) is 0 Å². The summed E-state index contributed by atoms with van der Waals surface area (Å²) in [7, 11) is 0. The summed E-state index contributed by atoms with van der Waals surface area (Å²) < 4.78 is 39.8. The molecule has 1 aromatic carbocycles. The second-order valence-corrected chi connectivity index (χ2v) is 6.32. The Balaban J connectivity index is 1.81. The number of aryl methyl sites for hydroxylation is 2. The minimum absolute atomic E-state index is 0.192. The molecule has 1 fully saturated rings. The van der Waals surface area contributed by atoms with Gasteiger partial charge in [0.25, 0.3) is 0 Å². The van der Waals surface area contributed by atoms with Crippen LogP contribution in [0, 0.1) is 0 Å². The van der Waals surface area contributed by atoms with Crippen molar-refractivity contribution in [1.82, 2.24) is 15.5 Å². The van der Waals surface area contributed by atoms with E-state index in [1.807, 2.05) is 24.3 Å². The first-order chi connectivity index (χ1) is 11.9. The van der Waals surface area contributed by atoms with Crippen molar-refractivity contribution < 1.29 is 18.0 Å². The highest BCUT2D eigenvalue weighted by Crippen LogP contribution is 2.24. The maximum Gasteiger partial charge on any atom is 0.405 e. The number of nitrogens with one attached hydrogen (secondary N) is 2. The molecule has 2 N–H and O–H groups in total. The summed E-state index contributed by atoms with van der Waals surface area (Å²) >= 11 is 0. The molecule has 0 aliphatic carbocycles. The van der Waals surface area contributed by atoms with Gasteiger partial charge in [-0.25, -0.2) is 0 Å². The Labute approximate surface area is 146 Å². The van der Waals surface area contributed by atoms with Gasteiger partial charge in [0.05, 0.1) is 0 Å². The second kappa shape index (κ2) is 9.20. The minimum atomic E-state index is -4.35. The zero-order valence-electron chi connectivity index (χ0n) is 14.5. The van der Waals surface area contributed by atoms with Crippen LogP contribution in [0.4, 0.5) is 13.2 Å². The number of hydrogen-bond acceptors (Lipinski definition) is 3. The van der Waals surface area contributed by atoms with E-state index in [2.05, 4.69) is 17.6 Å². The summed E-state index contributed by atoms with van der Waals surface area (Å²) in [5.41, 5.74) is 2.24. The summed E-state index contributed by atoms with van der Waals surface area (Å²) in [6.45, 7) is 3.42. The first-order valence-electron chi connectivity index (χ1n) is 8.76. The van der Waals surface area contributed by atoms with E-state index >= 15 is 0 Å². The Hall–Kier alpha value is -1.60. The number of hydrogen-bond donors (Lipinski definition) is 2. The van der Waals surface area contributed by atoms with Crippen molar-refractivity contribution in [2.45, 2.75) is 38.4 Å². The third kappa shape index (κ3) is 6.32. The number of carbonyl (C=O) groups excluding carboxylic acids is 1. The largest absolute Gasteiger partial charge is 0.405 e. The van der Waals surface area contributed by atoms with Gasteiger partial charge in [-0.1, -0.05) is 31.2 Å². The molecule has 1 amide bonds. The Kier molecular flexibility index (Phi) is 7.25. The minimum Gasteiger partial charge on any atom is -0.354 e. The molecule has 140 valence electrons. The lowest BCUT2D eigenvalue weighted by atomic mass is 10.1. The summed E-state index contributed by atoms with van der Waals surface area (Å²) in [4.78, 5) is 13.3. The van der Waals surface area contributed by atoms with E-state index in [9.17, 15) is 18.0 Å². The predicted octanol–water partition coefficient (Wildman–Crippen LogP) is 2.13. The molecule has 1 saturated heterocycles. The lowest BCUT2D eigenvalue weighted by Crippen LogP contribution is -2.57. The first-order valence-corrected chi connectivity index (χ1v) is 8.76. The van der Waals surface area contributed by atoms with Crippen LogP contribution < -0.4 is 10.6 Å². The van der Waals surface area contributed by atoms with Gasteiger partial charge >= 0.3 is 6.18 Å². The third-order valence-corrected chi connectivity index (χ3v) is 4.53. The van der Waals surface area contributed by atoms with E-state index in [1.165, 1.54) is 10.5 Å². The van der Waals surface area contributed by atoms with Crippen molar-refractivity contribution in [3.05, 3.63) is 35.4 Å². The SMILES string of the molecule is CCc1ccc(CCC(=O)NCC(N2CCNCC2)C(F)(F)F)cc1. The number of rotatable bonds is 7. The molecule has 0 aromatic heterocycles. The highest BCUT2D eigenvalue weighted by Gasteiger charge is 2.43. The zero-order chi connectivity index (χ0) is 18.3. The summed E-state index contributed by atoms with van der Waals surface area (Å²) in [5, 5.41) is 5.49. The molecule has 0 saturated carbocycles. The van der Waals surface area contributed by atoms with Gasteiger partial charge in [0.1, 0.15) is 6.04 Å². The first kappa shape index (κ1) is 19.7. The topological polar surface area (TPSA) is 44.4 Å². The number of halogens is 3. The smallest absolute Gasteiger partial charge is 0.354 e. The predicted molar refractivity (Wildman–Crippen MR) is 91.4 cm³/mol. The molecule has 7 heteroatoms. The van der Waals surface area contributed by atoms with Crippen molar-refractivity contribution in [2.24, 2.45) is 0 Å². The van der Waals surface area contributed by atoms with Gasteiger partial charge in [-0.05, 0) is 24.0 Å². The van der Waals surface area contributed by atoms with Crippen LogP contribution in [-0.2, 0) is 17.6 Å². The fourth-order valence-electron chi connectivity index (χ4n) is 2.94. The molecule has 4 nitrogen and oxygen atoms in total. The lowest BCUT2D eigenvalue weighted by molar-refractivity contribution is -0.184. The number of amides is 1.